The van der Waals surface area contributed by atoms with Gasteiger partial charge in [0.25, 0.3) is 0 Å². The van der Waals surface area contributed by atoms with Crippen LogP contribution in [0.2, 0.25) is 0 Å². The van der Waals surface area contributed by atoms with E-state index < -0.39 is 0 Å². The normalized spacial score (nSPS) is 13.8. The number of benzene rings is 18. The van der Waals surface area contributed by atoms with Crippen molar-refractivity contribution in [2.75, 3.05) is 0 Å². The molecule has 578 valence electrons. The minimum absolute atomic E-state index is 0.158. The average molecular weight is 1530 g/mol. The molecule has 0 aromatic heterocycles. The summed E-state index contributed by atoms with van der Waals surface area (Å²) in [5.74, 6) is 0. The van der Waals surface area contributed by atoms with Crippen LogP contribution in [-0.2, 0) is 16.2 Å². The van der Waals surface area contributed by atoms with Crippen molar-refractivity contribution in [2.24, 2.45) is 0 Å². The predicted molar refractivity (Wildman–Crippen MR) is 512 cm³/mol. The fourth-order valence-corrected chi connectivity index (χ4v) is 21.9. The van der Waals surface area contributed by atoms with Gasteiger partial charge in [-0.15, -0.1) is 0 Å². The molecule has 0 radical (unpaired) electrons. The van der Waals surface area contributed by atoms with E-state index in [1.54, 1.807) is 11.1 Å². The molecular weight excluding hydrogens is 1430 g/mol. The zero-order valence-corrected chi connectivity index (χ0v) is 69.7. The number of rotatable bonds is 22. The van der Waals surface area contributed by atoms with E-state index in [0.29, 0.717) is 0 Å². The fraction of sp³-hybridized carbons (Fsp3) is 0.193. The van der Waals surface area contributed by atoms with E-state index in [9.17, 15) is 0 Å². The second kappa shape index (κ2) is 30.2. The summed E-state index contributed by atoms with van der Waals surface area (Å²) in [5.41, 5.74) is 36.5. The van der Waals surface area contributed by atoms with Crippen LogP contribution >= 0.6 is 0 Å². The maximum atomic E-state index is 2.80. The van der Waals surface area contributed by atoms with Crippen LogP contribution in [0.5, 0.6) is 0 Å². The molecule has 0 atom stereocenters. The van der Waals surface area contributed by atoms with Crippen molar-refractivity contribution in [3.8, 4) is 122 Å². The molecule has 0 saturated carbocycles. The first-order valence-electron chi connectivity index (χ1n) is 44.4. The lowest BCUT2D eigenvalue weighted by molar-refractivity contribution is 0.398. The van der Waals surface area contributed by atoms with Crippen LogP contribution in [0.1, 0.15) is 165 Å². The summed E-state index contributed by atoms with van der Waals surface area (Å²) in [6.45, 7) is 14.8. The first-order chi connectivity index (χ1) is 58.4. The molecule has 0 N–H and O–H groups in total. The van der Waals surface area contributed by atoms with Crippen LogP contribution in [-0.4, -0.2) is 0 Å². The van der Waals surface area contributed by atoms with Gasteiger partial charge in [0.2, 0.25) is 0 Å². The minimum atomic E-state index is -0.286. The molecule has 0 saturated heterocycles. The zero-order chi connectivity index (χ0) is 80.1. The lowest BCUT2D eigenvalue weighted by Crippen LogP contribution is -2.26. The van der Waals surface area contributed by atoms with Crippen LogP contribution in [0.3, 0.4) is 0 Å². The highest BCUT2D eigenvalue weighted by Gasteiger charge is 2.49. The topological polar surface area (TPSA) is 0 Å². The molecule has 119 heavy (non-hydrogen) atoms. The minimum Gasteiger partial charge on any atom is -0.0654 e. The monoisotopic (exact) mass is 1530 g/mol. The second-order valence-electron chi connectivity index (χ2n) is 35.9. The summed E-state index contributed by atoms with van der Waals surface area (Å²) < 4.78 is 0. The summed E-state index contributed by atoms with van der Waals surface area (Å²) in [4.78, 5) is 0. The SMILES string of the molecule is CCCCCCCCC1(CCCCCCCC)c2cc3c(cc2-c2cc4c(cc21)-c1c(cc(-c2ccc(-c5cc(-c6ccc7c(ccc8ccccc87)c6)ccc5-c5ccccc5)cc2)c2ccccc12)C4(C)C)C(C)(C)c1cc(-c2ccc(-c4cc(-c5ccc6c(ccc7ccccc76)c5)ccc4-c4ccccc4)cc2)c2ccccc2c1-3. The van der Waals surface area contributed by atoms with Gasteiger partial charge in [0.15, 0.2) is 0 Å². The molecule has 3 aliphatic carbocycles. The van der Waals surface area contributed by atoms with Crippen molar-refractivity contribution < 1.29 is 0 Å². The lowest BCUT2D eigenvalue weighted by Gasteiger charge is -2.34. The van der Waals surface area contributed by atoms with Gasteiger partial charge in [0, 0.05) is 16.2 Å². The van der Waals surface area contributed by atoms with Gasteiger partial charge in [-0.3, -0.25) is 0 Å². The highest BCUT2D eigenvalue weighted by atomic mass is 14.5. The smallest absolute Gasteiger partial charge is 0.0215 e. The number of fused-ring (bicyclic) bond motifs is 19. The Bertz CT molecular complexity index is 6600. The van der Waals surface area contributed by atoms with Crippen molar-refractivity contribution >= 4 is 64.6 Å². The quantitative estimate of drug-likeness (QED) is 0.0469. The predicted octanol–water partition coefficient (Wildman–Crippen LogP) is 34.3. The average Bonchev–Trinajstić information content (AvgIpc) is 1.51. The van der Waals surface area contributed by atoms with Gasteiger partial charge < -0.3 is 0 Å². The van der Waals surface area contributed by atoms with Crippen LogP contribution < -0.4 is 0 Å². The molecule has 0 unspecified atom stereocenters. The van der Waals surface area contributed by atoms with Gasteiger partial charge >= 0.3 is 0 Å². The summed E-state index contributed by atoms with van der Waals surface area (Å²) >= 11 is 0. The molecule has 18 aromatic rings. The molecule has 0 aliphatic heterocycles. The zero-order valence-electron chi connectivity index (χ0n) is 69.7. The third-order valence-corrected chi connectivity index (χ3v) is 28.3. The summed E-state index contributed by atoms with van der Waals surface area (Å²) in [7, 11) is 0. The van der Waals surface area contributed by atoms with E-state index in [2.05, 4.69) is 381 Å². The Labute approximate surface area is 703 Å². The Morgan fingerprint density at radius 3 is 0.882 bits per heavy atom. The number of unbranched alkanes of at least 4 members (excludes halogenated alkanes) is 10. The Balaban J connectivity index is 0.667. The van der Waals surface area contributed by atoms with Crippen LogP contribution in [0, 0.1) is 0 Å². The highest BCUT2D eigenvalue weighted by molar-refractivity contribution is 6.14. The molecule has 0 heteroatoms. The lowest BCUT2D eigenvalue weighted by atomic mass is 9.69. The first kappa shape index (κ1) is 74.1. The Morgan fingerprint density at radius 1 is 0.176 bits per heavy atom. The molecule has 0 fully saturated rings. The fourth-order valence-electron chi connectivity index (χ4n) is 21.9. The van der Waals surface area contributed by atoms with Gasteiger partial charge in [-0.05, 0) is 294 Å². The Morgan fingerprint density at radius 2 is 0.471 bits per heavy atom. The third kappa shape index (κ3) is 12.6. The van der Waals surface area contributed by atoms with Crippen LogP contribution in [0.4, 0.5) is 0 Å². The van der Waals surface area contributed by atoms with E-state index in [-0.39, 0.29) is 16.2 Å². The van der Waals surface area contributed by atoms with Gasteiger partial charge in [-0.2, -0.15) is 0 Å². The van der Waals surface area contributed by atoms with Crippen molar-refractivity contribution in [1.29, 1.82) is 0 Å². The maximum absolute atomic E-state index is 2.80. The molecule has 0 spiro atoms. The van der Waals surface area contributed by atoms with E-state index >= 15 is 0 Å². The largest absolute Gasteiger partial charge is 0.0654 e. The van der Waals surface area contributed by atoms with Gasteiger partial charge in [-0.25, -0.2) is 0 Å². The van der Waals surface area contributed by atoms with E-state index in [1.807, 2.05) is 0 Å². The van der Waals surface area contributed by atoms with Gasteiger partial charge in [0.05, 0.1) is 0 Å². The molecule has 0 nitrogen and oxygen atoms in total. The third-order valence-electron chi connectivity index (χ3n) is 28.3. The van der Waals surface area contributed by atoms with Crippen LogP contribution in [0.15, 0.2) is 340 Å². The van der Waals surface area contributed by atoms with E-state index in [1.165, 1.54) is 286 Å². The Hall–Kier alpha value is -12.5. The second-order valence-corrected chi connectivity index (χ2v) is 35.9. The standard InChI is InChI=1S/C119H102/c1-7-9-11-13-15-31-65-119(66-32-16-14-12-10-8-2)111-75-107-109(117(3,4)113-71-103(97-41-27-29-43-99(97)115(107)113)83-49-45-81(46-50-83)101-69-87(59-61-93(101)77-33-19-17-20-34-77)85-57-63-95-89(67-85)55-53-79-37-23-25-39-91(79)95)73-105(111)106-74-110-108(76-112(106)119)116-100-44-30-28-42-98(100)104(72-114(116)118(110,5)6)84-51-47-82(48-52-84)102-70-88(60-62-94(102)78-35-21-18-22-36-78)86-58-64-96-90(68-86)56-54-80-38-24-26-40-92(80)96/h17-30,33-64,67-76H,7-16,31-32,65-66H2,1-6H3. The summed E-state index contributed by atoms with van der Waals surface area (Å²) in [5, 5.41) is 15.5. The van der Waals surface area contributed by atoms with Crippen LogP contribution in [0.25, 0.3) is 187 Å². The van der Waals surface area contributed by atoms with E-state index in [4.69, 9.17) is 0 Å². The summed E-state index contributed by atoms with van der Waals surface area (Å²) in [6, 6.07) is 131. The summed E-state index contributed by atoms with van der Waals surface area (Å²) in [6.07, 6.45) is 17.6. The maximum Gasteiger partial charge on any atom is 0.0215 e. The molecule has 0 heterocycles. The molecule has 18 aromatic carbocycles. The van der Waals surface area contributed by atoms with Crippen molar-refractivity contribution in [3.05, 3.63) is 373 Å². The van der Waals surface area contributed by atoms with Gasteiger partial charge in [0.1, 0.15) is 0 Å². The number of hydrogen-bond acceptors (Lipinski definition) is 0. The van der Waals surface area contributed by atoms with Crippen molar-refractivity contribution in [1.82, 2.24) is 0 Å². The highest BCUT2D eigenvalue weighted by Crippen LogP contribution is 2.64. The molecule has 0 amide bonds. The Kier molecular flexibility index (Phi) is 18.8. The van der Waals surface area contributed by atoms with E-state index in [0.717, 1.165) is 12.8 Å². The molecule has 3 aliphatic rings. The van der Waals surface area contributed by atoms with Gasteiger partial charge in [-0.1, -0.05) is 398 Å². The molecular formula is C119H102. The first-order valence-corrected chi connectivity index (χ1v) is 44.4. The number of hydrogen-bond donors (Lipinski definition) is 0. The van der Waals surface area contributed by atoms with Crippen molar-refractivity contribution in [2.45, 2.75) is 148 Å². The van der Waals surface area contributed by atoms with Crippen molar-refractivity contribution in [3.63, 3.8) is 0 Å². The molecule has 21 rings (SSSR count). The molecule has 0 bridgehead atoms.